The van der Waals surface area contributed by atoms with E-state index < -0.39 is 0 Å². The quantitative estimate of drug-likeness (QED) is 0.767. The molecule has 0 bridgehead atoms. The van der Waals surface area contributed by atoms with Crippen LogP contribution in [0, 0.1) is 6.92 Å². The Labute approximate surface area is 134 Å². The minimum atomic E-state index is 0.703. The molecule has 0 spiro atoms. The van der Waals surface area contributed by atoms with E-state index in [9.17, 15) is 0 Å². The Morgan fingerprint density at radius 3 is 2.00 bits per heavy atom. The van der Waals surface area contributed by atoms with Crippen molar-refractivity contribution < 1.29 is 0 Å². The van der Waals surface area contributed by atoms with E-state index in [4.69, 9.17) is 0 Å². The predicted octanol–water partition coefficient (Wildman–Crippen LogP) is 5.87. The number of rotatable bonds is 4. The number of hydrogen-bond acceptors (Lipinski definition) is 3. The zero-order valence-electron chi connectivity index (χ0n) is 14.4. The number of aromatic nitrogens is 2. The lowest BCUT2D eigenvalue weighted by Crippen LogP contribution is -2.02. The molecule has 2 aromatic rings. The van der Waals surface area contributed by atoms with Gasteiger partial charge in [-0.1, -0.05) is 65.1 Å². The Bertz CT molecular complexity index is 575. The first-order valence-electron chi connectivity index (χ1n) is 7.70. The number of para-hydroxylation sites is 1. The molecule has 1 heterocycles. The average Bonchev–Trinajstić information content (AvgIpc) is 2.59. The molecule has 0 radical (unpaired) electrons. The van der Waals surface area contributed by atoms with E-state index in [0.29, 0.717) is 5.82 Å². The number of benzene rings is 1. The van der Waals surface area contributed by atoms with E-state index in [1.54, 1.807) is 12.2 Å². The van der Waals surface area contributed by atoms with Gasteiger partial charge >= 0.3 is 0 Å². The first-order chi connectivity index (χ1) is 10.7. The predicted molar refractivity (Wildman–Crippen MR) is 99.4 cm³/mol. The van der Waals surface area contributed by atoms with Gasteiger partial charge in [-0.05, 0) is 25.1 Å². The third-order valence-corrected chi connectivity index (χ3v) is 2.52. The lowest BCUT2D eigenvalue weighted by Gasteiger charge is -2.11. The largest absolute Gasteiger partial charge is 0.340 e. The van der Waals surface area contributed by atoms with E-state index in [1.807, 2.05) is 65.0 Å². The Morgan fingerprint density at radius 2 is 1.50 bits per heavy atom. The fraction of sp³-hybridized carbons (Fsp3) is 0.263. The van der Waals surface area contributed by atoms with E-state index in [1.165, 1.54) is 0 Å². The van der Waals surface area contributed by atoms with Gasteiger partial charge in [-0.3, -0.25) is 0 Å². The second-order valence-corrected chi connectivity index (χ2v) is 3.82. The van der Waals surface area contributed by atoms with Crippen LogP contribution in [0.5, 0.6) is 0 Å². The third kappa shape index (κ3) is 5.52. The van der Waals surface area contributed by atoms with Crippen molar-refractivity contribution in [2.24, 2.45) is 0 Å². The molecule has 0 aliphatic heterocycles. The minimum Gasteiger partial charge on any atom is -0.340 e. The number of hydrogen-bond donors (Lipinski definition) is 1. The number of anilines is 2. The van der Waals surface area contributed by atoms with Gasteiger partial charge in [-0.2, -0.15) is 0 Å². The molecule has 22 heavy (non-hydrogen) atoms. The molecule has 2 rings (SSSR count). The van der Waals surface area contributed by atoms with E-state index in [2.05, 4.69) is 28.4 Å². The molecule has 0 atom stereocenters. The molecule has 0 aliphatic carbocycles. The van der Waals surface area contributed by atoms with Crippen molar-refractivity contribution >= 4 is 23.7 Å². The summed E-state index contributed by atoms with van der Waals surface area (Å²) in [5.74, 6) is 1.45. The fourth-order valence-corrected chi connectivity index (χ4v) is 1.71. The van der Waals surface area contributed by atoms with Crippen LogP contribution >= 0.6 is 0 Å². The molecule has 0 fully saturated rings. The molecule has 0 amide bonds. The normalized spacial score (nSPS) is 8.59. The smallest absolute Gasteiger partial charge is 0.141 e. The average molecular weight is 297 g/mol. The van der Waals surface area contributed by atoms with E-state index in [-0.39, 0.29) is 0 Å². The molecule has 0 aliphatic rings. The van der Waals surface area contributed by atoms with Gasteiger partial charge in [-0.25, -0.2) is 9.97 Å². The highest BCUT2D eigenvalue weighted by Crippen LogP contribution is 2.22. The van der Waals surface area contributed by atoms with E-state index in [0.717, 1.165) is 22.8 Å². The van der Waals surface area contributed by atoms with Crippen LogP contribution in [0.2, 0.25) is 0 Å². The molecule has 1 aromatic heterocycles. The lowest BCUT2D eigenvalue weighted by molar-refractivity contribution is 1.04. The summed E-state index contributed by atoms with van der Waals surface area (Å²) >= 11 is 0. The van der Waals surface area contributed by atoms with E-state index >= 15 is 0 Å². The molecule has 0 saturated heterocycles. The van der Waals surface area contributed by atoms with Crippen LogP contribution in [0.4, 0.5) is 11.5 Å². The van der Waals surface area contributed by atoms with Crippen LogP contribution in [-0.2, 0) is 0 Å². The van der Waals surface area contributed by atoms with Crippen molar-refractivity contribution in [2.45, 2.75) is 34.6 Å². The highest BCUT2D eigenvalue weighted by Gasteiger charge is 2.08. The van der Waals surface area contributed by atoms with Crippen LogP contribution in [0.25, 0.3) is 12.2 Å². The fourth-order valence-electron chi connectivity index (χ4n) is 1.71. The van der Waals surface area contributed by atoms with Crippen molar-refractivity contribution in [3.8, 4) is 0 Å². The lowest BCUT2D eigenvalue weighted by atomic mass is 10.2. The molecule has 0 unspecified atom stereocenters. The molecule has 3 nitrogen and oxygen atoms in total. The first kappa shape index (κ1) is 19.6. The van der Waals surface area contributed by atoms with Gasteiger partial charge in [0.25, 0.3) is 0 Å². The maximum Gasteiger partial charge on any atom is 0.141 e. The topological polar surface area (TPSA) is 37.8 Å². The summed E-state index contributed by atoms with van der Waals surface area (Å²) < 4.78 is 0. The van der Waals surface area contributed by atoms with Crippen molar-refractivity contribution in [3.05, 3.63) is 60.6 Å². The summed E-state index contributed by atoms with van der Waals surface area (Å²) in [7, 11) is 0. The Balaban J connectivity index is 0.00000102. The molecular weight excluding hydrogens is 270 g/mol. The molecule has 1 aromatic carbocycles. The highest BCUT2D eigenvalue weighted by atomic mass is 15.0. The maximum atomic E-state index is 4.41. The van der Waals surface area contributed by atoms with Gasteiger partial charge in [0.15, 0.2) is 0 Å². The van der Waals surface area contributed by atoms with Crippen LogP contribution in [0.15, 0.2) is 43.5 Å². The van der Waals surface area contributed by atoms with Gasteiger partial charge in [0.1, 0.15) is 11.6 Å². The van der Waals surface area contributed by atoms with Crippen molar-refractivity contribution in [1.82, 2.24) is 9.97 Å². The zero-order chi connectivity index (χ0) is 17.0. The molecule has 3 heteroatoms. The first-order valence-corrected chi connectivity index (χ1v) is 7.70. The van der Waals surface area contributed by atoms with Gasteiger partial charge < -0.3 is 5.32 Å². The van der Waals surface area contributed by atoms with Crippen LogP contribution in [0.1, 0.15) is 44.8 Å². The van der Waals surface area contributed by atoms with Crippen LogP contribution in [-0.4, -0.2) is 9.97 Å². The molecule has 118 valence electrons. The Morgan fingerprint density at radius 1 is 0.909 bits per heavy atom. The number of aryl methyl sites for hydroxylation is 1. The standard InChI is InChI=1S/C15H15N3.2C2H6/c1-4-13-14(5-2)16-11(3)17-15(13)18-12-9-7-6-8-10-12;2*1-2/h4-10H,1-2H2,3H3,(H,16,17,18);2*1-2H3. The summed E-state index contributed by atoms with van der Waals surface area (Å²) in [6.45, 7) is 17.4. The zero-order valence-corrected chi connectivity index (χ0v) is 14.4. The van der Waals surface area contributed by atoms with Gasteiger partial charge in [0.2, 0.25) is 0 Å². The summed E-state index contributed by atoms with van der Waals surface area (Å²) in [4.78, 5) is 8.73. The second-order valence-electron chi connectivity index (χ2n) is 3.82. The number of nitrogens with one attached hydrogen (secondary N) is 1. The summed E-state index contributed by atoms with van der Waals surface area (Å²) in [6.07, 6.45) is 3.45. The van der Waals surface area contributed by atoms with Gasteiger partial charge in [0.05, 0.1) is 5.69 Å². The number of nitrogens with zero attached hydrogens (tertiary/aromatic N) is 2. The second kappa shape index (κ2) is 11.3. The molecule has 0 saturated carbocycles. The highest BCUT2D eigenvalue weighted by molar-refractivity contribution is 5.73. The van der Waals surface area contributed by atoms with Gasteiger partial charge in [-0.15, -0.1) is 0 Å². The summed E-state index contributed by atoms with van der Waals surface area (Å²) in [5.41, 5.74) is 2.63. The van der Waals surface area contributed by atoms with Crippen LogP contribution < -0.4 is 5.32 Å². The van der Waals surface area contributed by atoms with Crippen LogP contribution in [0.3, 0.4) is 0 Å². The SMILES string of the molecule is C=Cc1nc(C)nc(Nc2ccccc2)c1C=C.CC.CC. The Hall–Kier alpha value is -2.42. The van der Waals surface area contributed by atoms with Crippen molar-refractivity contribution in [1.29, 1.82) is 0 Å². The van der Waals surface area contributed by atoms with Crippen molar-refractivity contribution in [3.63, 3.8) is 0 Å². The maximum absolute atomic E-state index is 4.41. The minimum absolute atomic E-state index is 0.703. The summed E-state index contributed by atoms with van der Waals surface area (Å²) in [5, 5.41) is 3.27. The van der Waals surface area contributed by atoms with Crippen molar-refractivity contribution in [2.75, 3.05) is 5.32 Å². The Kier molecular flexibility index (Phi) is 10.0. The van der Waals surface area contributed by atoms with Gasteiger partial charge in [0, 0.05) is 11.3 Å². The molecular formula is C19H27N3. The summed E-state index contributed by atoms with van der Waals surface area (Å²) in [6, 6.07) is 9.88. The third-order valence-electron chi connectivity index (χ3n) is 2.52. The monoisotopic (exact) mass is 297 g/mol. The molecule has 1 N–H and O–H groups in total.